The summed E-state index contributed by atoms with van der Waals surface area (Å²) in [4.78, 5) is 11.6. The molecule has 0 saturated carbocycles. The van der Waals surface area contributed by atoms with Gasteiger partial charge in [-0.3, -0.25) is 0 Å². The van der Waals surface area contributed by atoms with E-state index in [9.17, 15) is 4.79 Å². The van der Waals surface area contributed by atoms with Gasteiger partial charge in [-0.25, -0.2) is 4.79 Å². The predicted octanol–water partition coefficient (Wildman–Crippen LogP) is 2.59. The summed E-state index contributed by atoms with van der Waals surface area (Å²) in [6, 6.07) is 0. The highest BCUT2D eigenvalue weighted by Crippen LogP contribution is 2.52. The van der Waals surface area contributed by atoms with Gasteiger partial charge in [-0.2, -0.15) is 0 Å². The van der Waals surface area contributed by atoms with Crippen LogP contribution in [-0.2, 0) is 19.0 Å². The van der Waals surface area contributed by atoms with Crippen molar-refractivity contribution in [3.05, 3.63) is 23.8 Å². The topological polar surface area (TPSA) is 44.8 Å². The van der Waals surface area contributed by atoms with Crippen LogP contribution in [0.4, 0.5) is 0 Å². The third-order valence-corrected chi connectivity index (χ3v) is 4.95. The van der Waals surface area contributed by atoms with E-state index in [-0.39, 0.29) is 17.7 Å². The van der Waals surface area contributed by atoms with Crippen molar-refractivity contribution in [3.63, 3.8) is 0 Å². The van der Waals surface area contributed by atoms with Gasteiger partial charge in [0.05, 0.1) is 13.2 Å². The lowest BCUT2D eigenvalue weighted by Crippen LogP contribution is -2.50. The molecule has 20 heavy (non-hydrogen) atoms. The summed E-state index contributed by atoms with van der Waals surface area (Å²) >= 11 is 0. The number of carbonyl (C=O) groups excluding carboxylic acids is 1. The van der Waals surface area contributed by atoms with Gasteiger partial charge >= 0.3 is 5.97 Å². The molecule has 1 aliphatic carbocycles. The predicted molar refractivity (Wildman–Crippen MR) is 73.9 cm³/mol. The van der Waals surface area contributed by atoms with Crippen LogP contribution in [0, 0.1) is 11.3 Å². The largest absolute Gasteiger partial charge is 0.451 e. The fourth-order valence-corrected chi connectivity index (χ4v) is 3.59. The van der Waals surface area contributed by atoms with E-state index in [1.165, 1.54) is 5.57 Å². The summed E-state index contributed by atoms with van der Waals surface area (Å²) in [7, 11) is 0. The standard InChI is InChI=1S/C16H22O4/c1-11-8-15(3,10-14-18-6-7-19-14)16(9-12(11)2)5-4-13(17)20-16/h4-5,8,12,14H,6-7,9-10H2,1-3H3/t12-,15+,16+/m1/s1. The second-order valence-electron chi connectivity index (χ2n) is 6.43. The molecule has 2 aliphatic heterocycles. The van der Waals surface area contributed by atoms with Crippen LogP contribution in [0.5, 0.6) is 0 Å². The highest BCUT2D eigenvalue weighted by atomic mass is 16.7. The van der Waals surface area contributed by atoms with Crippen LogP contribution in [-0.4, -0.2) is 31.1 Å². The Morgan fingerprint density at radius 2 is 2.05 bits per heavy atom. The summed E-state index contributed by atoms with van der Waals surface area (Å²) < 4.78 is 16.9. The Kier molecular flexibility index (Phi) is 3.26. The van der Waals surface area contributed by atoms with Crippen LogP contribution in [0.3, 0.4) is 0 Å². The van der Waals surface area contributed by atoms with Gasteiger partial charge in [0, 0.05) is 17.9 Å². The van der Waals surface area contributed by atoms with Gasteiger partial charge in [-0.1, -0.05) is 25.5 Å². The van der Waals surface area contributed by atoms with Crippen molar-refractivity contribution in [1.29, 1.82) is 0 Å². The van der Waals surface area contributed by atoms with Gasteiger partial charge < -0.3 is 14.2 Å². The Hall–Kier alpha value is -1.13. The number of hydrogen-bond donors (Lipinski definition) is 0. The quantitative estimate of drug-likeness (QED) is 0.575. The van der Waals surface area contributed by atoms with Crippen LogP contribution in [0.25, 0.3) is 0 Å². The molecule has 1 fully saturated rings. The van der Waals surface area contributed by atoms with E-state index in [1.54, 1.807) is 6.08 Å². The van der Waals surface area contributed by atoms with Gasteiger partial charge in [-0.15, -0.1) is 0 Å². The van der Waals surface area contributed by atoms with E-state index in [0.717, 1.165) is 6.42 Å². The summed E-state index contributed by atoms with van der Waals surface area (Å²) in [5, 5.41) is 0. The highest BCUT2D eigenvalue weighted by Gasteiger charge is 2.54. The van der Waals surface area contributed by atoms with Crippen molar-refractivity contribution in [2.45, 2.75) is 45.5 Å². The maximum atomic E-state index is 11.6. The van der Waals surface area contributed by atoms with Crippen molar-refractivity contribution < 1.29 is 19.0 Å². The molecule has 4 nitrogen and oxygen atoms in total. The summed E-state index contributed by atoms with van der Waals surface area (Å²) in [6.45, 7) is 7.74. The first kappa shape index (κ1) is 13.8. The van der Waals surface area contributed by atoms with Gasteiger partial charge in [0.2, 0.25) is 0 Å². The van der Waals surface area contributed by atoms with Crippen LogP contribution < -0.4 is 0 Å². The molecule has 0 unspecified atom stereocenters. The van der Waals surface area contributed by atoms with Crippen LogP contribution in [0.1, 0.15) is 33.6 Å². The Morgan fingerprint density at radius 1 is 1.35 bits per heavy atom. The molecule has 3 rings (SSSR count). The minimum atomic E-state index is -0.557. The molecule has 2 heterocycles. The van der Waals surface area contributed by atoms with Crippen LogP contribution in [0.2, 0.25) is 0 Å². The Balaban J connectivity index is 1.94. The van der Waals surface area contributed by atoms with E-state index in [1.807, 2.05) is 6.08 Å². The van der Waals surface area contributed by atoms with Gasteiger partial charge in [0.25, 0.3) is 0 Å². The fraction of sp³-hybridized carbons (Fsp3) is 0.688. The summed E-state index contributed by atoms with van der Waals surface area (Å²) in [5.41, 5.74) is 0.493. The molecule has 0 N–H and O–H groups in total. The van der Waals surface area contributed by atoms with Gasteiger partial charge in [0.15, 0.2) is 6.29 Å². The maximum Gasteiger partial charge on any atom is 0.331 e. The molecule has 110 valence electrons. The zero-order valence-corrected chi connectivity index (χ0v) is 12.3. The minimum absolute atomic E-state index is 0.206. The maximum absolute atomic E-state index is 11.6. The van der Waals surface area contributed by atoms with Crippen molar-refractivity contribution in [2.24, 2.45) is 11.3 Å². The first-order valence-corrected chi connectivity index (χ1v) is 7.29. The Bertz CT molecular complexity index is 475. The summed E-state index contributed by atoms with van der Waals surface area (Å²) in [5.74, 6) is 0.161. The third-order valence-electron chi connectivity index (χ3n) is 4.95. The third kappa shape index (κ3) is 2.11. The zero-order chi connectivity index (χ0) is 14.4. The molecule has 0 radical (unpaired) electrons. The molecule has 1 spiro atoms. The molecular weight excluding hydrogens is 256 g/mol. The van der Waals surface area contributed by atoms with Crippen molar-refractivity contribution in [2.75, 3.05) is 13.2 Å². The number of hydrogen-bond acceptors (Lipinski definition) is 4. The van der Waals surface area contributed by atoms with Crippen molar-refractivity contribution >= 4 is 5.97 Å². The second kappa shape index (κ2) is 4.71. The second-order valence-corrected chi connectivity index (χ2v) is 6.43. The normalized spacial score (nSPS) is 41.2. The monoisotopic (exact) mass is 278 g/mol. The summed E-state index contributed by atoms with van der Waals surface area (Å²) in [6.07, 6.45) is 7.05. The van der Waals surface area contributed by atoms with Crippen molar-refractivity contribution in [3.8, 4) is 0 Å². The van der Waals surface area contributed by atoms with E-state index in [0.29, 0.717) is 25.6 Å². The zero-order valence-electron chi connectivity index (χ0n) is 12.3. The Morgan fingerprint density at radius 3 is 2.65 bits per heavy atom. The van der Waals surface area contributed by atoms with E-state index in [2.05, 4.69) is 26.8 Å². The van der Waals surface area contributed by atoms with E-state index < -0.39 is 5.60 Å². The fourth-order valence-electron chi connectivity index (χ4n) is 3.59. The molecule has 0 aromatic heterocycles. The Labute approximate surface area is 119 Å². The smallest absolute Gasteiger partial charge is 0.331 e. The molecule has 3 atom stereocenters. The lowest BCUT2D eigenvalue weighted by molar-refractivity contribution is -0.163. The SMILES string of the molecule is CC1=C[C@@](C)(CC2OCCO2)[C@]2(C=CC(=O)O2)C[C@H]1C. The lowest BCUT2D eigenvalue weighted by Gasteiger charge is -2.48. The molecule has 0 aromatic carbocycles. The number of carbonyl (C=O) groups is 1. The number of ether oxygens (including phenoxy) is 3. The number of esters is 1. The van der Waals surface area contributed by atoms with Crippen molar-refractivity contribution in [1.82, 2.24) is 0 Å². The van der Waals surface area contributed by atoms with E-state index >= 15 is 0 Å². The molecular formula is C16H22O4. The molecule has 4 heteroatoms. The molecule has 0 bridgehead atoms. The molecule has 0 amide bonds. The number of rotatable bonds is 2. The highest BCUT2D eigenvalue weighted by molar-refractivity contribution is 5.85. The average Bonchev–Trinajstić information content (AvgIpc) is 2.98. The first-order chi connectivity index (χ1) is 9.44. The van der Waals surface area contributed by atoms with E-state index in [4.69, 9.17) is 14.2 Å². The molecule has 0 aromatic rings. The molecule has 3 aliphatic rings. The minimum Gasteiger partial charge on any atom is -0.451 e. The molecule has 1 saturated heterocycles. The first-order valence-electron chi connectivity index (χ1n) is 7.29. The number of allylic oxidation sites excluding steroid dienone is 1. The lowest BCUT2D eigenvalue weighted by atomic mass is 9.62. The van der Waals surface area contributed by atoms with Gasteiger partial charge in [-0.05, 0) is 25.3 Å². The van der Waals surface area contributed by atoms with Gasteiger partial charge in [0.1, 0.15) is 5.60 Å². The van der Waals surface area contributed by atoms with Crippen LogP contribution >= 0.6 is 0 Å². The average molecular weight is 278 g/mol. The van der Waals surface area contributed by atoms with Crippen LogP contribution in [0.15, 0.2) is 23.8 Å².